The Bertz CT molecular complexity index is 416. The predicted octanol–water partition coefficient (Wildman–Crippen LogP) is 2.50. The van der Waals surface area contributed by atoms with Gasteiger partial charge in [-0.05, 0) is 25.0 Å². The smallest absolute Gasteiger partial charge is 0.272 e. The molecule has 0 unspecified atom stereocenters. The molecule has 19 heavy (non-hydrogen) atoms. The van der Waals surface area contributed by atoms with Gasteiger partial charge < -0.3 is 10.0 Å². The van der Waals surface area contributed by atoms with Crippen LogP contribution in [0.15, 0.2) is 18.3 Å². The van der Waals surface area contributed by atoms with Crippen LogP contribution in [-0.2, 0) is 0 Å². The van der Waals surface area contributed by atoms with Gasteiger partial charge in [-0.15, -0.1) is 0 Å². The Morgan fingerprint density at radius 3 is 2.68 bits per heavy atom. The second-order valence-electron chi connectivity index (χ2n) is 4.88. The number of halogens is 1. The zero-order valence-corrected chi connectivity index (χ0v) is 11.6. The lowest BCUT2D eigenvalue weighted by Crippen LogP contribution is -2.43. The van der Waals surface area contributed by atoms with Crippen LogP contribution in [0.5, 0.6) is 0 Å². The summed E-state index contributed by atoms with van der Waals surface area (Å²) < 4.78 is 0. The Morgan fingerprint density at radius 1 is 1.37 bits per heavy atom. The summed E-state index contributed by atoms with van der Waals surface area (Å²) in [7, 11) is 0. The van der Waals surface area contributed by atoms with E-state index in [0.29, 0.717) is 17.3 Å². The summed E-state index contributed by atoms with van der Waals surface area (Å²) in [5.74, 6) is -0.113. The van der Waals surface area contributed by atoms with Crippen LogP contribution in [0.3, 0.4) is 0 Å². The summed E-state index contributed by atoms with van der Waals surface area (Å²) in [6, 6.07) is 3.53. The quantitative estimate of drug-likeness (QED) is 0.923. The Hall–Kier alpha value is -1.13. The molecule has 0 radical (unpaired) electrons. The molecule has 0 saturated heterocycles. The van der Waals surface area contributed by atoms with Crippen LogP contribution < -0.4 is 0 Å². The molecule has 1 aromatic heterocycles. The maximum atomic E-state index is 12.5. The number of rotatable bonds is 4. The van der Waals surface area contributed by atoms with E-state index in [2.05, 4.69) is 4.98 Å². The van der Waals surface area contributed by atoms with E-state index in [4.69, 9.17) is 11.6 Å². The van der Waals surface area contributed by atoms with Crippen LogP contribution in [0.4, 0.5) is 0 Å². The lowest BCUT2D eigenvalue weighted by atomic mass is 9.94. The molecule has 0 atom stereocenters. The molecular weight excluding hydrogens is 264 g/mol. The van der Waals surface area contributed by atoms with E-state index in [1.807, 2.05) is 0 Å². The van der Waals surface area contributed by atoms with Gasteiger partial charge in [-0.1, -0.05) is 30.9 Å². The molecular formula is C14H19ClN2O2. The first-order valence-corrected chi connectivity index (χ1v) is 7.13. The summed E-state index contributed by atoms with van der Waals surface area (Å²) >= 11 is 5.78. The third-order valence-corrected chi connectivity index (χ3v) is 3.79. The normalized spacial score (nSPS) is 16.3. The molecule has 1 aliphatic rings. The average Bonchev–Trinajstić information content (AvgIpc) is 2.46. The highest BCUT2D eigenvalue weighted by molar-refractivity contribution is 6.30. The summed E-state index contributed by atoms with van der Waals surface area (Å²) in [5.41, 5.74) is 0.392. The van der Waals surface area contributed by atoms with Gasteiger partial charge in [-0.25, -0.2) is 4.98 Å². The summed E-state index contributed by atoms with van der Waals surface area (Å²) in [6.07, 6.45) is 7.03. The van der Waals surface area contributed by atoms with Crippen LogP contribution in [0.1, 0.15) is 42.6 Å². The largest absolute Gasteiger partial charge is 0.395 e. The summed E-state index contributed by atoms with van der Waals surface area (Å²) in [4.78, 5) is 18.3. The lowest BCUT2D eigenvalue weighted by Gasteiger charge is -2.33. The minimum Gasteiger partial charge on any atom is -0.395 e. The highest BCUT2D eigenvalue weighted by atomic mass is 35.5. The van der Waals surface area contributed by atoms with Crippen LogP contribution in [0.25, 0.3) is 0 Å². The van der Waals surface area contributed by atoms with E-state index in [0.717, 1.165) is 25.7 Å². The minimum absolute atomic E-state index is 0.0180. The molecule has 5 heteroatoms. The van der Waals surface area contributed by atoms with Crippen molar-refractivity contribution in [2.75, 3.05) is 13.2 Å². The average molecular weight is 283 g/mol. The number of aliphatic hydroxyl groups excluding tert-OH is 1. The fourth-order valence-electron chi connectivity index (χ4n) is 2.60. The summed E-state index contributed by atoms with van der Waals surface area (Å²) in [5, 5.41) is 9.69. The molecule has 2 rings (SSSR count). The van der Waals surface area contributed by atoms with Gasteiger partial charge >= 0.3 is 0 Å². The third-order valence-electron chi connectivity index (χ3n) is 3.56. The van der Waals surface area contributed by atoms with Crippen molar-refractivity contribution in [1.82, 2.24) is 9.88 Å². The van der Waals surface area contributed by atoms with Gasteiger partial charge in [-0.3, -0.25) is 4.79 Å². The van der Waals surface area contributed by atoms with E-state index < -0.39 is 0 Å². The van der Waals surface area contributed by atoms with Crippen LogP contribution in [0.2, 0.25) is 5.02 Å². The molecule has 0 spiro atoms. The molecule has 1 aromatic rings. The first-order chi connectivity index (χ1) is 9.22. The van der Waals surface area contributed by atoms with E-state index in [1.165, 1.54) is 12.6 Å². The second-order valence-corrected chi connectivity index (χ2v) is 5.31. The fraction of sp³-hybridized carbons (Fsp3) is 0.571. The molecule has 1 fully saturated rings. The lowest BCUT2D eigenvalue weighted by molar-refractivity contribution is 0.0579. The Morgan fingerprint density at radius 2 is 2.11 bits per heavy atom. The monoisotopic (exact) mass is 282 g/mol. The van der Waals surface area contributed by atoms with E-state index >= 15 is 0 Å². The van der Waals surface area contributed by atoms with Crippen molar-refractivity contribution in [3.63, 3.8) is 0 Å². The number of hydrogen-bond donors (Lipinski definition) is 1. The molecule has 104 valence electrons. The maximum Gasteiger partial charge on any atom is 0.272 e. The molecule has 0 aromatic carbocycles. The van der Waals surface area contributed by atoms with Crippen molar-refractivity contribution in [2.24, 2.45) is 0 Å². The van der Waals surface area contributed by atoms with Crippen molar-refractivity contribution < 1.29 is 9.90 Å². The van der Waals surface area contributed by atoms with Gasteiger partial charge in [0.15, 0.2) is 0 Å². The SMILES string of the molecule is O=C(c1ccc(Cl)cn1)N(CCO)C1CCCCC1. The van der Waals surface area contributed by atoms with Crippen molar-refractivity contribution >= 4 is 17.5 Å². The maximum absolute atomic E-state index is 12.5. The van der Waals surface area contributed by atoms with Crippen LogP contribution >= 0.6 is 11.6 Å². The zero-order chi connectivity index (χ0) is 13.7. The zero-order valence-electron chi connectivity index (χ0n) is 10.9. The highest BCUT2D eigenvalue weighted by Gasteiger charge is 2.26. The van der Waals surface area contributed by atoms with Crippen molar-refractivity contribution in [3.05, 3.63) is 29.0 Å². The van der Waals surface area contributed by atoms with Gasteiger partial charge in [0.1, 0.15) is 5.69 Å². The first-order valence-electron chi connectivity index (χ1n) is 6.76. The first kappa shape index (κ1) is 14.3. The van der Waals surface area contributed by atoms with Gasteiger partial charge in [0.25, 0.3) is 5.91 Å². The molecule has 1 N–H and O–H groups in total. The predicted molar refractivity (Wildman–Crippen MR) is 74.2 cm³/mol. The molecule has 1 aliphatic carbocycles. The number of carbonyl (C=O) groups is 1. The topological polar surface area (TPSA) is 53.4 Å². The molecule has 4 nitrogen and oxygen atoms in total. The highest BCUT2D eigenvalue weighted by Crippen LogP contribution is 2.23. The van der Waals surface area contributed by atoms with Crippen molar-refractivity contribution in [2.45, 2.75) is 38.1 Å². The van der Waals surface area contributed by atoms with E-state index in [9.17, 15) is 9.90 Å². The van der Waals surface area contributed by atoms with Crippen LogP contribution in [0, 0.1) is 0 Å². The standard InChI is InChI=1S/C14H19ClN2O2/c15-11-6-7-13(16-10-11)14(19)17(8-9-18)12-4-2-1-3-5-12/h6-7,10,12,18H,1-5,8-9H2. The van der Waals surface area contributed by atoms with Crippen LogP contribution in [-0.4, -0.2) is 40.1 Å². The molecule has 0 bridgehead atoms. The minimum atomic E-state index is -0.113. The molecule has 1 amide bonds. The Balaban J connectivity index is 2.13. The fourth-order valence-corrected chi connectivity index (χ4v) is 2.71. The van der Waals surface area contributed by atoms with Gasteiger partial charge in [0, 0.05) is 18.8 Å². The Labute approximate surface area is 118 Å². The second kappa shape index (κ2) is 6.87. The molecule has 0 aliphatic heterocycles. The molecule has 1 saturated carbocycles. The molecule has 1 heterocycles. The van der Waals surface area contributed by atoms with Crippen molar-refractivity contribution in [1.29, 1.82) is 0 Å². The van der Waals surface area contributed by atoms with Gasteiger partial charge in [0.2, 0.25) is 0 Å². The van der Waals surface area contributed by atoms with E-state index in [1.54, 1.807) is 17.0 Å². The number of carbonyl (C=O) groups excluding carboxylic acids is 1. The number of aromatic nitrogens is 1. The van der Waals surface area contributed by atoms with Gasteiger partial charge in [-0.2, -0.15) is 0 Å². The summed E-state index contributed by atoms with van der Waals surface area (Å²) in [6.45, 7) is 0.351. The number of nitrogens with zero attached hydrogens (tertiary/aromatic N) is 2. The van der Waals surface area contributed by atoms with E-state index in [-0.39, 0.29) is 18.6 Å². The Kier molecular flexibility index (Phi) is 5.16. The third kappa shape index (κ3) is 3.67. The number of hydrogen-bond acceptors (Lipinski definition) is 3. The number of pyridine rings is 1. The van der Waals surface area contributed by atoms with Gasteiger partial charge in [0.05, 0.1) is 11.6 Å². The number of aliphatic hydroxyl groups is 1. The van der Waals surface area contributed by atoms with Crippen molar-refractivity contribution in [3.8, 4) is 0 Å². The number of amides is 1.